The molecule has 2 aromatic heterocycles. The van der Waals surface area contributed by atoms with Crippen molar-refractivity contribution >= 4 is 34.0 Å². The minimum Gasteiger partial charge on any atom is -0.477 e. The average Bonchev–Trinajstić information content (AvgIpc) is 2.89. The average molecular weight is 358 g/mol. The summed E-state index contributed by atoms with van der Waals surface area (Å²) in [5.41, 5.74) is -0.305. The van der Waals surface area contributed by atoms with Crippen LogP contribution in [0.1, 0.15) is 21.0 Å². The molecule has 0 radical (unpaired) electrons. The second kappa shape index (κ2) is 7.14. The van der Waals surface area contributed by atoms with E-state index >= 15 is 0 Å². The minimum atomic E-state index is -1.41. The smallest absolute Gasteiger partial charge is 0.433 e. The summed E-state index contributed by atoms with van der Waals surface area (Å²) in [4.78, 5) is 34.4. The molecule has 0 bridgehead atoms. The van der Waals surface area contributed by atoms with Gasteiger partial charge in [-0.15, -0.1) is 0 Å². The summed E-state index contributed by atoms with van der Waals surface area (Å²) in [6.07, 6.45) is 1.15. The highest BCUT2D eigenvalue weighted by atomic mass is 79.9. The minimum absolute atomic E-state index is 0.0585. The molecule has 0 unspecified atom stereocenters. The quantitative estimate of drug-likeness (QED) is 0.735. The van der Waals surface area contributed by atoms with Crippen LogP contribution in [0, 0.1) is 0 Å². The molecule has 2 aromatic rings. The number of hydrogen-bond donors (Lipinski definition) is 3. The van der Waals surface area contributed by atoms with Crippen LogP contribution in [0.4, 0.5) is 4.79 Å². The number of halogens is 1. The Morgan fingerprint density at radius 3 is 2.10 bits per heavy atom. The molecule has 0 aliphatic carbocycles. The number of hydrogen-bond acceptors (Lipinski definition) is 5. The second-order valence-electron chi connectivity index (χ2n) is 3.38. The molecule has 21 heavy (non-hydrogen) atoms. The van der Waals surface area contributed by atoms with E-state index in [1.165, 1.54) is 12.3 Å². The van der Waals surface area contributed by atoms with Crippen molar-refractivity contribution in [3.63, 3.8) is 0 Å². The van der Waals surface area contributed by atoms with Crippen molar-refractivity contribution in [3.8, 4) is 0 Å². The zero-order chi connectivity index (χ0) is 16.0. The Morgan fingerprint density at radius 2 is 1.71 bits per heavy atom. The Balaban J connectivity index is 0.000000211. The lowest BCUT2D eigenvalue weighted by Gasteiger charge is -1.93. The van der Waals surface area contributed by atoms with Gasteiger partial charge in [0, 0.05) is 10.7 Å². The highest BCUT2D eigenvalue weighted by molar-refractivity contribution is 9.10. The molecule has 0 spiro atoms. The van der Waals surface area contributed by atoms with E-state index < -0.39 is 18.0 Å². The maximum absolute atomic E-state index is 10.3. The van der Waals surface area contributed by atoms with Crippen molar-refractivity contribution < 1.29 is 29.7 Å². The van der Waals surface area contributed by atoms with Crippen molar-refractivity contribution in [3.05, 3.63) is 46.5 Å². The van der Waals surface area contributed by atoms with Gasteiger partial charge in [0.25, 0.3) is 0 Å². The van der Waals surface area contributed by atoms with Gasteiger partial charge in [-0.1, -0.05) is 0 Å². The van der Waals surface area contributed by atoms with E-state index in [0.717, 1.165) is 16.7 Å². The number of rotatable bonds is 2. The largest absolute Gasteiger partial charge is 0.477 e. The summed E-state index contributed by atoms with van der Waals surface area (Å²) in [5.74, 6) is -2.32. The molecule has 9 nitrogen and oxygen atoms in total. The summed E-state index contributed by atoms with van der Waals surface area (Å²) >= 11 is 3.14. The highest BCUT2D eigenvalue weighted by Crippen LogP contribution is 2.06. The standard InChI is InChI=1S/C6H4BrNO2.C5H4N2O4/c7-4-1-2-5(6(9)10)8-3-4;8-4(9)3-1-2-6-7(3)5(10)11/h1-3H,(H,9,10);1-2H,(H,8,9)(H,10,11). The number of carboxylic acids is 2. The number of carboxylic acid groups (broad SMARTS) is 3. The van der Waals surface area contributed by atoms with Crippen LogP contribution in [-0.2, 0) is 0 Å². The first-order valence-corrected chi connectivity index (χ1v) is 5.97. The zero-order valence-corrected chi connectivity index (χ0v) is 11.8. The third-order valence-corrected chi connectivity index (χ3v) is 2.46. The van der Waals surface area contributed by atoms with Gasteiger partial charge in [-0.25, -0.2) is 19.4 Å². The predicted molar refractivity (Wildman–Crippen MR) is 71.5 cm³/mol. The first-order valence-electron chi connectivity index (χ1n) is 5.18. The van der Waals surface area contributed by atoms with Gasteiger partial charge in [0.2, 0.25) is 0 Å². The fraction of sp³-hybridized carbons (Fsp3) is 0. The lowest BCUT2D eigenvalue weighted by molar-refractivity contribution is 0.0675. The molecule has 3 N–H and O–H groups in total. The molecule has 2 rings (SSSR count). The van der Waals surface area contributed by atoms with E-state index in [9.17, 15) is 14.4 Å². The first kappa shape index (κ1) is 16.3. The van der Waals surface area contributed by atoms with Crippen molar-refractivity contribution in [1.29, 1.82) is 0 Å². The Kier molecular flexibility index (Phi) is 5.55. The number of carbonyl (C=O) groups is 3. The summed E-state index contributed by atoms with van der Waals surface area (Å²) < 4.78 is 1.17. The van der Waals surface area contributed by atoms with Crippen LogP contribution < -0.4 is 0 Å². The predicted octanol–water partition coefficient (Wildman–Crippen LogP) is 1.65. The summed E-state index contributed by atoms with van der Waals surface area (Å²) in [6.45, 7) is 0. The number of aromatic nitrogens is 3. The molecule has 0 aliphatic rings. The Morgan fingerprint density at radius 1 is 1.05 bits per heavy atom. The van der Waals surface area contributed by atoms with E-state index in [4.69, 9.17) is 15.3 Å². The van der Waals surface area contributed by atoms with Crippen LogP contribution in [0.15, 0.2) is 35.1 Å². The lowest BCUT2D eigenvalue weighted by atomic mass is 10.4. The molecule has 0 aliphatic heterocycles. The van der Waals surface area contributed by atoms with Crippen molar-refractivity contribution in [2.45, 2.75) is 0 Å². The van der Waals surface area contributed by atoms with Gasteiger partial charge in [-0.05, 0) is 34.1 Å². The van der Waals surface area contributed by atoms with Gasteiger partial charge < -0.3 is 15.3 Å². The SMILES string of the molecule is O=C(O)c1ccc(Br)cn1.O=C(O)c1ccnn1C(=O)O. The van der Waals surface area contributed by atoms with Gasteiger partial charge >= 0.3 is 18.0 Å². The lowest BCUT2D eigenvalue weighted by Crippen LogP contribution is -2.16. The summed E-state index contributed by atoms with van der Waals surface area (Å²) in [5, 5.41) is 28.4. The van der Waals surface area contributed by atoms with Crippen LogP contribution in [-0.4, -0.2) is 48.1 Å². The van der Waals surface area contributed by atoms with E-state index in [0.29, 0.717) is 4.68 Å². The molecule has 110 valence electrons. The number of nitrogens with zero attached hydrogens (tertiary/aromatic N) is 3. The summed E-state index contributed by atoms with van der Waals surface area (Å²) in [7, 11) is 0. The third-order valence-electron chi connectivity index (χ3n) is 1.99. The van der Waals surface area contributed by atoms with Crippen LogP contribution in [0.5, 0.6) is 0 Å². The Hall–Kier alpha value is -2.75. The van der Waals surface area contributed by atoms with Crippen LogP contribution in [0.25, 0.3) is 0 Å². The van der Waals surface area contributed by atoms with Crippen LogP contribution in [0.2, 0.25) is 0 Å². The number of pyridine rings is 1. The van der Waals surface area contributed by atoms with E-state index in [-0.39, 0.29) is 11.4 Å². The highest BCUT2D eigenvalue weighted by Gasteiger charge is 2.14. The Bertz CT molecular complexity index is 638. The zero-order valence-electron chi connectivity index (χ0n) is 10.2. The third kappa shape index (κ3) is 4.69. The van der Waals surface area contributed by atoms with Gasteiger partial charge in [-0.3, -0.25) is 0 Å². The van der Waals surface area contributed by atoms with Gasteiger partial charge in [0.15, 0.2) is 5.69 Å². The van der Waals surface area contributed by atoms with Crippen molar-refractivity contribution in [2.24, 2.45) is 0 Å². The van der Waals surface area contributed by atoms with Crippen molar-refractivity contribution in [2.75, 3.05) is 0 Å². The molecule has 10 heteroatoms. The molecule has 0 amide bonds. The monoisotopic (exact) mass is 357 g/mol. The second-order valence-corrected chi connectivity index (χ2v) is 4.30. The van der Waals surface area contributed by atoms with Gasteiger partial charge in [0.1, 0.15) is 5.69 Å². The fourth-order valence-electron chi connectivity index (χ4n) is 1.12. The maximum atomic E-state index is 10.3. The maximum Gasteiger partial charge on any atom is 0.433 e. The van der Waals surface area contributed by atoms with Crippen LogP contribution >= 0.6 is 15.9 Å². The molecular weight excluding hydrogens is 350 g/mol. The number of aromatic carboxylic acids is 2. The molecule has 0 fully saturated rings. The Labute approximate surface area is 125 Å². The van der Waals surface area contributed by atoms with E-state index in [2.05, 4.69) is 26.0 Å². The van der Waals surface area contributed by atoms with Crippen molar-refractivity contribution in [1.82, 2.24) is 14.8 Å². The van der Waals surface area contributed by atoms with Crippen LogP contribution in [0.3, 0.4) is 0 Å². The fourth-order valence-corrected chi connectivity index (χ4v) is 1.35. The van der Waals surface area contributed by atoms with Gasteiger partial charge in [0.05, 0.1) is 6.20 Å². The molecule has 0 aromatic carbocycles. The molecule has 0 atom stereocenters. The normalized spacial score (nSPS) is 9.38. The molecular formula is C11H8BrN3O6. The molecule has 0 saturated carbocycles. The van der Waals surface area contributed by atoms with E-state index in [1.807, 2.05) is 0 Å². The molecule has 2 heterocycles. The molecule has 0 saturated heterocycles. The van der Waals surface area contributed by atoms with E-state index in [1.54, 1.807) is 6.07 Å². The van der Waals surface area contributed by atoms with Gasteiger partial charge in [-0.2, -0.15) is 9.78 Å². The first-order chi connectivity index (χ1) is 9.82. The summed E-state index contributed by atoms with van der Waals surface area (Å²) in [6, 6.07) is 4.18. The topological polar surface area (TPSA) is 143 Å².